The molecule has 0 radical (unpaired) electrons. The Labute approximate surface area is 127 Å². The van der Waals surface area contributed by atoms with Crippen molar-refractivity contribution < 1.29 is 8.42 Å². The molecule has 8 heteroatoms. The molecule has 0 saturated heterocycles. The Kier molecular flexibility index (Phi) is 5.67. The molecule has 20 heavy (non-hydrogen) atoms. The molecular weight excluding hydrogens is 314 g/mol. The van der Waals surface area contributed by atoms with E-state index in [-0.39, 0.29) is 0 Å². The van der Waals surface area contributed by atoms with E-state index in [0.29, 0.717) is 13.1 Å². The lowest BCUT2D eigenvalue weighted by Crippen LogP contribution is -2.26. The van der Waals surface area contributed by atoms with Gasteiger partial charge < -0.3 is 5.32 Å². The van der Waals surface area contributed by atoms with Gasteiger partial charge >= 0.3 is 0 Å². The van der Waals surface area contributed by atoms with E-state index in [1.54, 1.807) is 22.7 Å². The zero-order chi connectivity index (χ0) is 14.4. The number of thiophene rings is 1. The number of nitrogens with zero attached hydrogens (tertiary/aromatic N) is 1. The van der Waals surface area contributed by atoms with Gasteiger partial charge in [-0.25, -0.2) is 18.1 Å². The van der Waals surface area contributed by atoms with Crippen LogP contribution in [0.4, 0.5) is 0 Å². The molecule has 0 unspecified atom stereocenters. The van der Waals surface area contributed by atoms with Gasteiger partial charge in [-0.3, -0.25) is 0 Å². The second kappa shape index (κ2) is 7.28. The maximum absolute atomic E-state index is 10.9. The van der Waals surface area contributed by atoms with Crippen LogP contribution in [-0.4, -0.2) is 32.7 Å². The first-order valence-corrected chi connectivity index (χ1v) is 9.83. The number of nitrogens with one attached hydrogen (secondary N) is 2. The zero-order valence-electron chi connectivity index (χ0n) is 11.1. The largest absolute Gasteiger partial charge is 0.311 e. The van der Waals surface area contributed by atoms with Gasteiger partial charge in [-0.05, 0) is 24.4 Å². The summed E-state index contributed by atoms with van der Waals surface area (Å²) in [6.45, 7) is 1.93. The molecule has 0 amide bonds. The minimum atomic E-state index is -3.07. The molecule has 2 rings (SSSR count). The summed E-state index contributed by atoms with van der Waals surface area (Å²) in [5, 5.41) is 8.41. The van der Waals surface area contributed by atoms with Crippen molar-refractivity contribution >= 4 is 32.7 Å². The maximum Gasteiger partial charge on any atom is 0.208 e. The first-order chi connectivity index (χ1) is 9.54. The lowest BCUT2D eigenvalue weighted by molar-refractivity contribution is 0.578. The third-order valence-corrected chi connectivity index (χ3v) is 5.14. The average Bonchev–Trinajstić information content (AvgIpc) is 3.02. The van der Waals surface area contributed by atoms with E-state index in [9.17, 15) is 8.42 Å². The number of aromatic nitrogens is 1. The molecule has 5 nitrogen and oxygen atoms in total. The topological polar surface area (TPSA) is 71.1 Å². The van der Waals surface area contributed by atoms with Crippen LogP contribution in [0.25, 0.3) is 9.88 Å². The van der Waals surface area contributed by atoms with Crippen LogP contribution in [0.2, 0.25) is 0 Å². The van der Waals surface area contributed by atoms with E-state index >= 15 is 0 Å². The molecule has 110 valence electrons. The molecule has 0 spiro atoms. The number of hydrogen-bond donors (Lipinski definition) is 2. The van der Waals surface area contributed by atoms with Gasteiger partial charge in [-0.15, -0.1) is 22.7 Å². The van der Waals surface area contributed by atoms with Gasteiger partial charge in [0.25, 0.3) is 0 Å². The molecule has 2 aromatic rings. The summed E-state index contributed by atoms with van der Waals surface area (Å²) in [6.07, 6.45) is 1.93. The SMILES string of the molecule is CS(=O)(=O)NCCCNCc1csc(-c2cccs2)n1. The Bertz CT molecular complexity index is 620. The first kappa shape index (κ1) is 15.6. The molecule has 2 heterocycles. The Balaban J connectivity index is 1.68. The summed E-state index contributed by atoms with van der Waals surface area (Å²) in [5.74, 6) is 0. The van der Waals surface area contributed by atoms with Crippen molar-refractivity contribution in [1.82, 2.24) is 15.0 Å². The summed E-state index contributed by atoms with van der Waals surface area (Å²) < 4.78 is 24.2. The van der Waals surface area contributed by atoms with Crippen LogP contribution in [0.5, 0.6) is 0 Å². The molecule has 0 aromatic carbocycles. The van der Waals surface area contributed by atoms with E-state index in [0.717, 1.165) is 23.7 Å². The van der Waals surface area contributed by atoms with E-state index in [2.05, 4.69) is 26.5 Å². The normalized spacial score (nSPS) is 11.8. The standard InChI is InChI=1S/C12H17N3O2S3/c1-20(16,17)14-6-3-5-13-8-10-9-19-12(15-10)11-4-2-7-18-11/h2,4,7,9,13-14H,3,5-6,8H2,1H3. The zero-order valence-corrected chi connectivity index (χ0v) is 13.6. The van der Waals surface area contributed by atoms with Gasteiger partial charge in [-0.1, -0.05) is 6.07 Å². The summed E-state index contributed by atoms with van der Waals surface area (Å²) in [5.41, 5.74) is 1.02. The fourth-order valence-corrected chi connectivity index (χ4v) is 3.74. The smallest absolute Gasteiger partial charge is 0.208 e. The second-order valence-corrected chi connectivity index (χ2v) is 7.96. The van der Waals surface area contributed by atoms with Gasteiger partial charge in [0.1, 0.15) is 5.01 Å². The minimum Gasteiger partial charge on any atom is -0.311 e. The molecule has 2 aromatic heterocycles. The quantitative estimate of drug-likeness (QED) is 0.725. The van der Waals surface area contributed by atoms with Crippen LogP contribution < -0.4 is 10.0 Å². The van der Waals surface area contributed by atoms with Crippen molar-refractivity contribution in [3.8, 4) is 9.88 Å². The predicted molar refractivity (Wildman–Crippen MR) is 84.6 cm³/mol. The van der Waals surface area contributed by atoms with Crippen LogP contribution in [0.3, 0.4) is 0 Å². The number of hydrogen-bond acceptors (Lipinski definition) is 6. The number of sulfonamides is 1. The molecule has 0 aliphatic heterocycles. The van der Waals surface area contributed by atoms with Crippen molar-refractivity contribution in [3.05, 3.63) is 28.6 Å². The highest BCUT2D eigenvalue weighted by atomic mass is 32.2. The minimum absolute atomic E-state index is 0.462. The molecule has 0 aliphatic carbocycles. The monoisotopic (exact) mass is 331 g/mol. The van der Waals surface area contributed by atoms with Crippen molar-refractivity contribution in [1.29, 1.82) is 0 Å². The molecule has 0 fully saturated rings. The summed E-state index contributed by atoms with van der Waals surface area (Å²) in [4.78, 5) is 5.76. The third-order valence-electron chi connectivity index (χ3n) is 2.48. The molecule has 0 bridgehead atoms. The lowest BCUT2D eigenvalue weighted by Gasteiger charge is -2.03. The Hall–Kier alpha value is -0.800. The molecule has 2 N–H and O–H groups in total. The van der Waals surface area contributed by atoms with E-state index in [1.807, 2.05) is 11.4 Å². The summed E-state index contributed by atoms with van der Waals surface area (Å²) in [6, 6.07) is 4.09. The molecule has 0 aliphatic rings. The van der Waals surface area contributed by atoms with Crippen LogP contribution in [0.1, 0.15) is 12.1 Å². The first-order valence-electron chi connectivity index (χ1n) is 6.18. The lowest BCUT2D eigenvalue weighted by atomic mass is 10.4. The van der Waals surface area contributed by atoms with Crippen LogP contribution in [0.15, 0.2) is 22.9 Å². The average molecular weight is 331 g/mol. The Morgan fingerprint density at radius 1 is 1.30 bits per heavy atom. The highest BCUT2D eigenvalue weighted by Gasteiger charge is 2.05. The fourth-order valence-electron chi connectivity index (χ4n) is 1.59. The third kappa shape index (κ3) is 5.29. The van der Waals surface area contributed by atoms with Crippen molar-refractivity contribution in [2.24, 2.45) is 0 Å². The summed E-state index contributed by atoms with van der Waals surface area (Å²) in [7, 11) is -3.07. The van der Waals surface area contributed by atoms with Gasteiger partial charge in [0.15, 0.2) is 0 Å². The van der Waals surface area contributed by atoms with Gasteiger partial charge in [0.2, 0.25) is 10.0 Å². The van der Waals surface area contributed by atoms with Crippen LogP contribution in [0, 0.1) is 0 Å². The van der Waals surface area contributed by atoms with Crippen molar-refractivity contribution in [2.75, 3.05) is 19.3 Å². The Morgan fingerprint density at radius 3 is 2.85 bits per heavy atom. The van der Waals surface area contributed by atoms with Crippen LogP contribution in [-0.2, 0) is 16.6 Å². The van der Waals surface area contributed by atoms with E-state index in [4.69, 9.17) is 0 Å². The Morgan fingerprint density at radius 2 is 2.15 bits per heavy atom. The van der Waals surface area contributed by atoms with E-state index in [1.165, 1.54) is 11.1 Å². The predicted octanol–water partition coefficient (Wildman–Crippen LogP) is 1.90. The van der Waals surface area contributed by atoms with Crippen molar-refractivity contribution in [2.45, 2.75) is 13.0 Å². The second-order valence-electron chi connectivity index (χ2n) is 4.32. The van der Waals surface area contributed by atoms with Gasteiger partial charge in [0.05, 0.1) is 16.8 Å². The van der Waals surface area contributed by atoms with Gasteiger partial charge in [-0.2, -0.15) is 0 Å². The van der Waals surface area contributed by atoms with Gasteiger partial charge in [0, 0.05) is 18.5 Å². The number of rotatable bonds is 8. The van der Waals surface area contributed by atoms with E-state index < -0.39 is 10.0 Å². The fraction of sp³-hybridized carbons (Fsp3) is 0.417. The maximum atomic E-state index is 10.9. The van der Waals surface area contributed by atoms with Crippen LogP contribution >= 0.6 is 22.7 Å². The highest BCUT2D eigenvalue weighted by molar-refractivity contribution is 7.88. The number of thiazole rings is 1. The molecule has 0 saturated carbocycles. The van der Waals surface area contributed by atoms with Crippen molar-refractivity contribution in [3.63, 3.8) is 0 Å². The molecule has 0 atom stereocenters. The highest BCUT2D eigenvalue weighted by Crippen LogP contribution is 2.27. The summed E-state index contributed by atoms with van der Waals surface area (Å²) >= 11 is 3.34. The molecular formula is C12H17N3O2S3.